The van der Waals surface area contributed by atoms with Crippen molar-refractivity contribution in [1.29, 1.82) is 0 Å². The highest BCUT2D eigenvalue weighted by molar-refractivity contribution is 5.82. The van der Waals surface area contributed by atoms with Gasteiger partial charge in [0.15, 0.2) is 0 Å². The molecule has 0 atom stereocenters. The van der Waals surface area contributed by atoms with Crippen molar-refractivity contribution in [3.63, 3.8) is 0 Å². The summed E-state index contributed by atoms with van der Waals surface area (Å²) in [5, 5.41) is 1.31. The van der Waals surface area contributed by atoms with E-state index in [0.29, 0.717) is 11.3 Å². The Bertz CT molecular complexity index is 544. The molecule has 0 unspecified atom stereocenters. The molecule has 0 aliphatic heterocycles. The Morgan fingerprint density at radius 3 is 2.35 bits per heavy atom. The summed E-state index contributed by atoms with van der Waals surface area (Å²) in [4.78, 5) is 3.45. The highest BCUT2D eigenvalue weighted by atomic mass is 19.4. The molecule has 1 heterocycles. The fourth-order valence-corrected chi connectivity index (χ4v) is 1.67. The van der Waals surface area contributed by atoms with Gasteiger partial charge in [0.2, 0.25) is 0 Å². The lowest BCUT2D eigenvalue weighted by Gasteiger charge is -2.09. The number of benzene rings is 1. The quantitative estimate of drug-likeness (QED) is 0.719. The number of hydrogen-bond acceptors (Lipinski definition) is 1. The number of alkyl halides is 3. The van der Waals surface area contributed by atoms with E-state index in [-0.39, 0.29) is 0 Å². The maximum absolute atomic E-state index is 12.5. The molecule has 0 bridgehead atoms. The minimum atomic E-state index is -4.38. The molecule has 0 aliphatic rings. The third-order valence-electron chi connectivity index (χ3n) is 2.70. The van der Waals surface area contributed by atoms with Crippen LogP contribution >= 0.6 is 0 Å². The van der Waals surface area contributed by atoms with Gasteiger partial charge < -0.3 is 0 Å². The van der Waals surface area contributed by atoms with Crippen LogP contribution in [0.1, 0.15) is 31.0 Å². The second kappa shape index (κ2) is 4.02. The molecule has 0 spiro atoms. The van der Waals surface area contributed by atoms with E-state index in [4.69, 9.17) is 0 Å². The Morgan fingerprint density at radius 1 is 1.06 bits per heavy atom. The molecule has 90 valence electrons. The predicted molar refractivity (Wildman–Crippen MR) is 60.8 cm³/mol. The van der Waals surface area contributed by atoms with E-state index < -0.39 is 11.9 Å². The number of rotatable bonds is 1. The first-order valence-corrected chi connectivity index (χ1v) is 5.35. The second-order valence-corrected chi connectivity index (χ2v) is 4.33. The average molecular weight is 239 g/mol. The third kappa shape index (κ3) is 2.40. The zero-order chi connectivity index (χ0) is 12.6. The van der Waals surface area contributed by atoms with E-state index in [9.17, 15) is 13.2 Å². The van der Waals surface area contributed by atoms with Crippen molar-refractivity contribution in [3.8, 4) is 0 Å². The number of fused-ring (bicyclic) bond motifs is 1. The van der Waals surface area contributed by atoms with Crippen molar-refractivity contribution in [1.82, 2.24) is 4.98 Å². The molecular formula is C13H12F3N. The predicted octanol–water partition coefficient (Wildman–Crippen LogP) is 4.38. The summed E-state index contributed by atoms with van der Waals surface area (Å²) < 4.78 is 37.4. The van der Waals surface area contributed by atoms with Crippen LogP contribution in [0.25, 0.3) is 10.8 Å². The summed E-state index contributed by atoms with van der Waals surface area (Å²) in [5.41, 5.74) is 0.251. The van der Waals surface area contributed by atoms with Gasteiger partial charge in [0.25, 0.3) is 0 Å². The smallest absolute Gasteiger partial charge is 0.251 e. The highest BCUT2D eigenvalue weighted by Crippen LogP contribution is 2.30. The van der Waals surface area contributed by atoms with Crippen LogP contribution in [-0.4, -0.2) is 4.98 Å². The van der Waals surface area contributed by atoms with E-state index >= 15 is 0 Å². The van der Waals surface area contributed by atoms with Gasteiger partial charge in [-0.15, -0.1) is 0 Å². The van der Waals surface area contributed by atoms with Crippen molar-refractivity contribution in [2.75, 3.05) is 0 Å². The zero-order valence-corrected chi connectivity index (χ0v) is 9.55. The van der Waals surface area contributed by atoms with Crippen LogP contribution in [0.2, 0.25) is 0 Å². The summed E-state index contributed by atoms with van der Waals surface area (Å²) in [7, 11) is 0. The van der Waals surface area contributed by atoms with Gasteiger partial charge >= 0.3 is 6.18 Å². The van der Waals surface area contributed by atoms with Crippen molar-refractivity contribution < 1.29 is 13.2 Å². The SMILES string of the molecule is CC(C)c1ccc2cc(C(F)(F)F)ncc2c1. The molecule has 0 saturated heterocycles. The first-order valence-electron chi connectivity index (χ1n) is 5.35. The Morgan fingerprint density at radius 2 is 1.76 bits per heavy atom. The molecule has 0 radical (unpaired) electrons. The molecule has 0 amide bonds. The Hall–Kier alpha value is -1.58. The zero-order valence-electron chi connectivity index (χ0n) is 9.55. The van der Waals surface area contributed by atoms with Crippen LogP contribution in [0.4, 0.5) is 13.2 Å². The number of aromatic nitrogens is 1. The Labute approximate surface area is 97.3 Å². The van der Waals surface area contributed by atoms with E-state index in [2.05, 4.69) is 4.98 Å². The molecule has 2 aromatic rings. The molecule has 1 nitrogen and oxygen atoms in total. The third-order valence-corrected chi connectivity index (χ3v) is 2.70. The lowest BCUT2D eigenvalue weighted by atomic mass is 10.00. The first kappa shape index (κ1) is 11.9. The summed E-state index contributed by atoms with van der Waals surface area (Å²) in [6.07, 6.45) is -3.10. The van der Waals surface area contributed by atoms with Crippen LogP contribution in [0.5, 0.6) is 0 Å². The van der Waals surface area contributed by atoms with Crippen molar-refractivity contribution in [3.05, 3.63) is 41.7 Å². The number of hydrogen-bond donors (Lipinski definition) is 0. The molecular weight excluding hydrogens is 227 g/mol. The fraction of sp³-hybridized carbons (Fsp3) is 0.308. The van der Waals surface area contributed by atoms with Gasteiger partial charge in [-0.25, -0.2) is 0 Å². The first-order chi connectivity index (χ1) is 7.88. The fourth-order valence-electron chi connectivity index (χ4n) is 1.67. The largest absolute Gasteiger partial charge is 0.433 e. The number of halogens is 3. The van der Waals surface area contributed by atoms with E-state index in [1.807, 2.05) is 26.0 Å². The monoisotopic (exact) mass is 239 g/mol. The van der Waals surface area contributed by atoms with Gasteiger partial charge in [0, 0.05) is 11.6 Å². The van der Waals surface area contributed by atoms with E-state index in [0.717, 1.165) is 17.0 Å². The lowest BCUT2D eigenvalue weighted by Crippen LogP contribution is -2.07. The average Bonchev–Trinajstić information content (AvgIpc) is 2.26. The Balaban J connectivity index is 2.54. The molecule has 2 rings (SSSR count). The molecule has 0 N–H and O–H groups in total. The van der Waals surface area contributed by atoms with E-state index in [1.165, 1.54) is 6.20 Å². The maximum atomic E-state index is 12.5. The van der Waals surface area contributed by atoms with Crippen LogP contribution in [-0.2, 0) is 6.18 Å². The summed E-state index contributed by atoms with van der Waals surface area (Å²) >= 11 is 0. The summed E-state index contributed by atoms with van der Waals surface area (Å²) in [6.45, 7) is 4.08. The normalized spacial score (nSPS) is 12.4. The van der Waals surface area contributed by atoms with Gasteiger partial charge in [-0.3, -0.25) is 4.98 Å². The van der Waals surface area contributed by atoms with Crippen LogP contribution in [0.15, 0.2) is 30.5 Å². The highest BCUT2D eigenvalue weighted by Gasteiger charge is 2.32. The van der Waals surface area contributed by atoms with Gasteiger partial charge in [-0.1, -0.05) is 26.0 Å². The van der Waals surface area contributed by atoms with Gasteiger partial charge in [-0.2, -0.15) is 13.2 Å². The second-order valence-electron chi connectivity index (χ2n) is 4.33. The standard InChI is InChI=1S/C13H12F3N/c1-8(2)9-3-4-10-6-12(13(14,15)16)17-7-11(10)5-9/h3-8H,1-2H3. The van der Waals surface area contributed by atoms with Gasteiger partial charge in [-0.05, 0) is 29.0 Å². The van der Waals surface area contributed by atoms with Gasteiger partial charge in [0.1, 0.15) is 5.69 Å². The molecule has 0 saturated carbocycles. The molecule has 1 aromatic heterocycles. The van der Waals surface area contributed by atoms with E-state index in [1.54, 1.807) is 6.07 Å². The molecule has 1 aromatic carbocycles. The van der Waals surface area contributed by atoms with Crippen LogP contribution in [0.3, 0.4) is 0 Å². The number of pyridine rings is 1. The van der Waals surface area contributed by atoms with Crippen molar-refractivity contribution in [2.24, 2.45) is 0 Å². The topological polar surface area (TPSA) is 12.9 Å². The molecule has 0 aliphatic carbocycles. The minimum absolute atomic E-state index is 0.349. The van der Waals surface area contributed by atoms with Crippen LogP contribution in [0, 0.1) is 0 Å². The van der Waals surface area contributed by atoms with Crippen molar-refractivity contribution >= 4 is 10.8 Å². The number of nitrogens with zero attached hydrogens (tertiary/aromatic N) is 1. The van der Waals surface area contributed by atoms with Crippen molar-refractivity contribution in [2.45, 2.75) is 25.9 Å². The summed E-state index contributed by atoms with van der Waals surface area (Å²) in [6, 6.07) is 6.53. The Kier molecular flexibility index (Phi) is 2.81. The van der Waals surface area contributed by atoms with Gasteiger partial charge in [0.05, 0.1) is 0 Å². The molecule has 4 heteroatoms. The molecule has 17 heavy (non-hydrogen) atoms. The summed E-state index contributed by atoms with van der Waals surface area (Å²) in [5.74, 6) is 0.349. The molecule has 0 fully saturated rings. The van der Waals surface area contributed by atoms with Crippen LogP contribution < -0.4 is 0 Å². The minimum Gasteiger partial charge on any atom is -0.251 e. The maximum Gasteiger partial charge on any atom is 0.433 e. The lowest BCUT2D eigenvalue weighted by molar-refractivity contribution is -0.141.